The molecule has 0 saturated heterocycles. The van der Waals surface area contributed by atoms with E-state index in [1.807, 2.05) is 21.7 Å². The van der Waals surface area contributed by atoms with Crippen LogP contribution in [0.4, 0.5) is 0 Å². The summed E-state index contributed by atoms with van der Waals surface area (Å²) in [6, 6.07) is 6.27. The minimum atomic E-state index is -0.316. The number of phenolic OH excluding ortho intramolecular Hbond substituents is 2. The van der Waals surface area contributed by atoms with Crippen LogP contribution in [0.2, 0.25) is 0 Å². The van der Waals surface area contributed by atoms with Gasteiger partial charge in [-0.25, -0.2) is 0 Å². The van der Waals surface area contributed by atoms with Gasteiger partial charge in [-0.1, -0.05) is 0 Å². The van der Waals surface area contributed by atoms with E-state index in [-0.39, 0.29) is 59.9 Å². The minimum absolute atomic E-state index is 0. The summed E-state index contributed by atoms with van der Waals surface area (Å²) in [5.74, 6) is -0.381. The van der Waals surface area contributed by atoms with E-state index in [0.717, 1.165) is 5.52 Å². The van der Waals surface area contributed by atoms with Crippen molar-refractivity contribution in [2.24, 2.45) is 4.99 Å². The van der Waals surface area contributed by atoms with E-state index < -0.39 is 0 Å². The Labute approximate surface area is 219 Å². The zero-order valence-electron chi connectivity index (χ0n) is 20.5. The summed E-state index contributed by atoms with van der Waals surface area (Å²) in [5, 5.41) is 57.6. The Bertz CT molecular complexity index is 1450. The summed E-state index contributed by atoms with van der Waals surface area (Å²) in [6.07, 6.45) is 0.682. The first kappa shape index (κ1) is 28.6. The van der Waals surface area contributed by atoms with Gasteiger partial charge >= 0.3 is 0 Å². The first-order chi connectivity index (χ1) is 17.5. The van der Waals surface area contributed by atoms with Gasteiger partial charge in [0.1, 0.15) is 11.5 Å². The zero-order chi connectivity index (χ0) is 25.7. The second-order valence-corrected chi connectivity index (χ2v) is 8.67. The molecule has 0 atom stereocenters. The molecule has 1 heterocycles. The molecule has 0 bridgehead atoms. The molecule has 11 nitrogen and oxygen atoms in total. The number of halogens is 1. The molecule has 0 spiro atoms. The van der Waals surface area contributed by atoms with Crippen LogP contribution >= 0.6 is 12.4 Å². The molecule has 0 saturated carbocycles. The molecule has 0 aliphatic heterocycles. The maximum Gasteiger partial charge on any atom is 0.189 e. The smallest absolute Gasteiger partial charge is 0.189 e. The number of hydrogen-bond donors (Lipinski definition) is 7. The van der Waals surface area contributed by atoms with Crippen LogP contribution in [0.25, 0.3) is 32.6 Å². The van der Waals surface area contributed by atoms with Crippen LogP contribution in [0, 0.1) is 0 Å². The van der Waals surface area contributed by atoms with Gasteiger partial charge < -0.3 is 30.8 Å². The predicted molar refractivity (Wildman–Crippen MR) is 145 cm³/mol. The van der Waals surface area contributed by atoms with Gasteiger partial charge in [-0.05, 0) is 30.7 Å². The number of phenols is 2. The molecule has 202 valence electrons. The van der Waals surface area contributed by atoms with Crippen molar-refractivity contribution >= 4 is 45.0 Å². The second kappa shape index (κ2) is 13.0. The fraction of sp³-hybridized carbons (Fsp3) is 0.440. The first-order valence-electron chi connectivity index (χ1n) is 12.1. The van der Waals surface area contributed by atoms with Crippen molar-refractivity contribution < 1.29 is 25.5 Å². The molecule has 0 aliphatic rings. The van der Waals surface area contributed by atoms with Gasteiger partial charge in [0, 0.05) is 44.7 Å². The molecule has 3 aromatic carbocycles. The van der Waals surface area contributed by atoms with Crippen LogP contribution in [-0.4, -0.2) is 99.3 Å². The number of H-pyrrole nitrogens is 1. The SMILES string of the molecule is Cl.O=c1ccc(O)c2c(O)c3c(=NCCCN(CCO)CCO)ccc4c3c([nH]n4CCNCCO)c12. The van der Waals surface area contributed by atoms with E-state index in [9.17, 15) is 25.2 Å². The summed E-state index contributed by atoms with van der Waals surface area (Å²) in [6.45, 7) is 3.66. The van der Waals surface area contributed by atoms with Gasteiger partial charge in [0.15, 0.2) is 5.43 Å². The third-order valence-electron chi connectivity index (χ3n) is 6.37. The number of fused-ring (bicyclic) bond motifs is 2. The highest BCUT2D eigenvalue weighted by Gasteiger charge is 2.22. The van der Waals surface area contributed by atoms with Crippen LogP contribution in [-0.2, 0) is 6.54 Å². The van der Waals surface area contributed by atoms with E-state index in [0.29, 0.717) is 73.9 Å². The van der Waals surface area contributed by atoms with Gasteiger partial charge in [-0.3, -0.25) is 24.5 Å². The summed E-state index contributed by atoms with van der Waals surface area (Å²) in [4.78, 5) is 19.5. The van der Waals surface area contributed by atoms with Crippen LogP contribution in [0.1, 0.15) is 6.42 Å². The minimum Gasteiger partial charge on any atom is -0.507 e. The van der Waals surface area contributed by atoms with Crippen molar-refractivity contribution in [3.8, 4) is 11.5 Å². The standard InChI is InChI=1S/C25H33N5O6.ClH/c31-13-8-26-7-10-30-17-3-2-16(27-6-1-9-29(11-14-32)12-15-33)20-21(17)24(28-30)22-18(34)4-5-19(35)23(22)25(20)36;/h2-5,26,28,31-33,35-36H,1,6-15H2;1H. The Balaban J connectivity index is 0.00000380. The molecule has 7 N–H and O–H groups in total. The molecule has 4 aromatic rings. The Hall–Kier alpha value is -2.93. The number of benzene rings is 3. The van der Waals surface area contributed by atoms with Gasteiger partial charge in [-0.2, -0.15) is 0 Å². The molecule has 0 fully saturated rings. The Morgan fingerprint density at radius 3 is 2.35 bits per heavy atom. The van der Waals surface area contributed by atoms with Crippen molar-refractivity contribution in [3.63, 3.8) is 0 Å². The molecule has 0 unspecified atom stereocenters. The van der Waals surface area contributed by atoms with E-state index in [1.165, 1.54) is 12.1 Å². The van der Waals surface area contributed by atoms with Crippen molar-refractivity contribution in [1.82, 2.24) is 20.0 Å². The molecule has 0 radical (unpaired) electrons. The number of aliphatic hydroxyl groups excluding tert-OH is 3. The van der Waals surface area contributed by atoms with Crippen LogP contribution < -0.4 is 16.1 Å². The second-order valence-electron chi connectivity index (χ2n) is 8.67. The molecule has 12 heteroatoms. The number of aromatic hydroxyl groups is 2. The highest BCUT2D eigenvalue weighted by molar-refractivity contribution is 6.23. The summed E-state index contributed by atoms with van der Waals surface area (Å²) in [5.41, 5.74) is 0.982. The van der Waals surface area contributed by atoms with Crippen molar-refractivity contribution in [3.05, 3.63) is 39.8 Å². The number of hydrogen-bond acceptors (Lipinski definition) is 9. The Morgan fingerprint density at radius 2 is 1.65 bits per heavy atom. The lowest BCUT2D eigenvalue weighted by Crippen LogP contribution is -2.31. The quantitative estimate of drug-likeness (QED) is 0.0932. The highest BCUT2D eigenvalue weighted by atomic mass is 35.5. The predicted octanol–water partition coefficient (Wildman–Crippen LogP) is 0.0661. The van der Waals surface area contributed by atoms with Crippen LogP contribution in [0.5, 0.6) is 11.5 Å². The normalized spacial score (nSPS) is 12.4. The molecule has 1 aromatic heterocycles. The summed E-state index contributed by atoms with van der Waals surface area (Å²) >= 11 is 0. The number of aromatic amines is 1. The van der Waals surface area contributed by atoms with Crippen LogP contribution in [0.15, 0.2) is 34.1 Å². The molecule has 0 amide bonds. The van der Waals surface area contributed by atoms with Gasteiger partial charge in [0.25, 0.3) is 0 Å². The average Bonchev–Trinajstić information content (AvgIpc) is 3.23. The fourth-order valence-electron chi connectivity index (χ4n) is 4.73. The van der Waals surface area contributed by atoms with Gasteiger partial charge in [-0.15, -0.1) is 12.4 Å². The molecule has 37 heavy (non-hydrogen) atoms. The summed E-state index contributed by atoms with van der Waals surface area (Å²) in [7, 11) is 0. The van der Waals surface area contributed by atoms with Crippen molar-refractivity contribution in [2.45, 2.75) is 13.0 Å². The molecular weight excluding hydrogens is 502 g/mol. The maximum absolute atomic E-state index is 12.8. The topological polar surface area (TPSA) is 167 Å². The van der Waals surface area contributed by atoms with E-state index >= 15 is 0 Å². The molecule has 4 rings (SSSR count). The number of nitrogens with one attached hydrogen (secondary N) is 2. The van der Waals surface area contributed by atoms with E-state index in [1.54, 1.807) is 0 Å². The van der Waals surface area contributed by atoms with Crippen molar-refractivity contribution in [2.75, 3.05) is 59.1 Å². The van der Waals surface area contributed by atoms with E-state index in [4.69, 9.17) is 10.1 Å². The average molecular weight is 536 g/mol. The lowest BCUT2D eigenvalue weighted by atomic mass is 9.99. The molecular formula is C25H34ClN5O6. The number of rotatable bonds is 13. The number of nitrogens with zero attached hydrogens (tertiary/aromatic N) is 3. The third kappa shape index (κ3) is 5.82. The fourth-order valence-corrected chi connectivity index (χ4v) is 4.73. The number of aliphatic hydroxyl groups is 3. The van der Waals surface area contributed by atoms with Crippen LogP contribution in [0.3, 0.4) is 0 Å². The lowest BCUT2D eigenvalue weighted by molar-refractivity contribution is 0.160. The summed E-state index contributed by atoms with van der Waals surface area (Å²) < 4.78 is 1.87. The first-order valence-corrected chi connectivity index (χ1v) is 12.1. The van der Waals surface area contributed by atoms with Crippen molar-refractivity contribution in [1.29, 1.82) is 0 Å². The van der Waals surface area contributed by atoms with Gasteiger partial charge in [0.05, 0.1) is 58.9 Å². The lowest BCUT2D eigenvalue weighted by Gasteiger charge is -2.19. The third-order valence-corrected chi connectivity index (χ3v) is 6.37. The maximum atomic E-state index is 12.8. The van der Waals surface area contributed by atoms with E-state index in [2.05, 4.69) is 10.4 Å². The largest absolute Gasteiger partial charge is 0.507 e. The van der Waals surface area contributed by atoms with Gasteiger partial charge in [0.2, 0.25) is 0 Å². The zero-order valence-corrected chi connectivity index (χ0v) is 21.3. The highest BCUT2D eigenvalue weighted by Crippen LogP contribution is 2.41. The molecule has 0 aliphatic carbocycles. The monoisotopic (exact) mass is 535 g/mol. The number of aromatic nitrogens is 2. The Morgan fingerprint density at radius 1 is 0.892 bits per heavy atom. The Kier molecular flexibility index (Phi) is 10.1.